The molecule has 0 N–H and O–H groups in total. The smallest absolute Gasteiger partial charge is 0.0806 e. The number of hydrogen-bond donors (Lipinski definition) is 0. The summed E-state index contributed by atoms with van der Waals surface area (Å²) in [5.74, 6) is 0. The van der Waals surface area contributed by atoms with Gasteiger partial charge in [-0.3, -0.25) is 0 Å². The first kappa shape index (κ1) is 25.4. The summed E-state index contributed by atoms with van der Waals surface area (Å²) in [6.45, 7) is 42.0. The molecule has 8 heteroatoms. The molecule has 0 heterocycles. The molecule has 0 amide bonds. The van der Waals surface area contributed by atoms with E-state index in [0.29, 0.717) is 20.3 Å². The van der Waals surface area contributed by atoms with E-state index in [4.69, 9.17) is 0 Å². The molecule has 0 aromatic heterocycles. The van der Waals surface area contributed by atoms with Crippen LogP contribution in [0.1, 0.15) is 0 Å². The highest BCUT2D eigenvalue weighted by Gasteiger charge is 2.54. The van der Waals surface area contributed by atoms with Gasteiger partial charge < -0.3 is 0 Å². The summed E-state index contributed by atoms with van der Waals surface area (Å²) in [4.78, 5) is 0. The second-order valence-corrected chi connectivity index (χ2v) is 77.3. The Hall–Kier alpha value is 2.37. The van der Waals surface area contributed by atoms with Crippen molar-refractivity contribution in [2.45, 2.75) is 98.2 Å². The van der Waals surface area contributed by atoms with E-state index in [2.05, 4.69) is 98.2 Å². The summed E-state index contributed by atoms with van der Waals surface area (Å²) in [5.41, 5.74) is 0. The molecule has 0 radical (unpaired) electrons. The number of hydrogen-bond acceptors (Lipinski definition) is 0. The molecule has 0 aliphatic heterocycles. The second kappa shape index (κ2) is 7.78. The summed E-state index contributed by atoms with van der Waals surface area (Å²) >= 11 is 0. The van der Waals surface area contributed by atoms with Crippen LogP contribution in [0.2, 0.25) is 98.2 Å². The van der Waals surface area contributed by atoms with Crippen molar-refractivity contribution < 1.29 is 0 Å². The van der Waals surface area contributed by atoms with Gasteiger partial charge in [0.2, 0.25) is 0 Å². The van der Waals surface area contributed by atoms with Crippen molar-refractivity contribution in [3.8, 4) is 0 Å². The molecule has 0 nitrogen and oxygen atoms in total. The van der Waals surface area contributed by atoms with Crippen LogP contribution in [-0.4, -0.2) is 38.7 Å². The molecule has 0 spiro atoms. The molecule has 0 aromatic carbocycles. The molecule has 0 unspecified atom stereocenters. The van der Waals surface area contributed by atoms with Crippen molar-refractivity contribution in [3.63, 3.8) is 0 Å². The van der Waals surface area contributed by atoms with Gasteiger partial charge in [-0.1, -0.05) is 105 Å². The third kappa shape index (κ3) is 7.49. The summed E-state index contributed by atoms with van der Waals surface area (Å²) in [7, 11) is -5.35. The van der Waals surface area contributed by atoms with Gasteiger partial charge >= 0.3 is 0 Å². The standard InChI is InChI=1S/C15H45P3Si5/c1-19(2,3)16(17(20(4,5)6)21(7,8)9)18(22(10,11)12)23(13,14)15/h1-15H3. The zero-order chi connectivity index (χ0) is 19.2. The van der Waals surface area contributed by atoms with E-state index in [1.165, 1.54) is 0 Å². The van der Waals surface area contributed by atoms with E-state index in [1.54, 1.807) is 0 Å². The lowest BCUT2D eigenvalue weighted by molar-refractivity contribution is 1.83. The Kier molecular flexibility index (Phi) is 8.58. The maximum Gasteiger partial charge on any atom is 0.0806 e. The summed E-state index contributed by atoms with van der Waals surface area (Å²) < 4.78 is 0. The zero-order valence-electron chi connectivity index (χ0n) is 18.8. The lowest BCUT2D eigenvalue weighted by Crippen LogP contribution is -2.39. The van der Waals surface area contributed by atoms with Gasteiger partial charge in [0, 0.05) is 0 Å². The van der Waals surface area contributed by atoms with Gasteiger partial charge in [0.1, 0.15) is 0 Å². The lowest BCUT2D eigenvalue weighted by atomic mass is 11.8. The molecule has 0 aliphatic rings. The Morgan fingerprint density at radius 2 is 0.478 bits per heavy atom. The molecule has 23 heavy (non-hydrogen) atoms. The summed E-state index contributed by atoms with van der Waals surface area (Å²) in [6, 6.07) is 0. The Labute approximate surface area is 156 Å². The van der Waals surface area contributed by atoms with Crippen molar-refractivity contribution in [2.24, 2.45) is 0 Å². The Morgan fingerprint density at radius 1 is 0.304 bits per heavy atom. The lowest BCUT2D eigenvalue weighted by Gasteiger charge is -2.58. The van der Waals surface area contributed by atoms with Crippen molar-refractivity contribution in [3.05, 3.63) is 0 Å². The zero-order valence-corrected chi connectivity index (χ0v) is 26.5. The fourth-order valence-electron chi connectivity index (χ4n) is 3.84. The molecule has 0 fully saturated rings. The van der Waals surface area contributed by atoms with Crippen molar-refractivity contribution in [1.29, 1.82) is 0 Å². The quantitative estimate of drug-likeness (QED) is 0.263. The predicted octanol–water partition coefficient (Wildman–Crippen LogP) is 9.44. The van der Waals surface area contributed by atoms with E-state index in [1.807, 2.05) is 0 Å². The van der Waals surface area contributed by atoms with Gasteiger partial charge in [0.25, 0.3) is 0 Å². The van der Waals surface area contributed by atoms with E-state index in [9.17, 15) is 0 Å². The van der Waals surface area contributed by atoms with Crippen LogP contribution < -0.4 is 0 Å². The fraction of sp³-hybridized carbons (Fsp3) is 1.00. The highest BCUT2D eigenvalue weighted by molar-refractivity contribution is 8.91. The molecule has 0 bridgehead atoms. The van der Waals surface area contributed by atoms with Gasteiger partial charge in [-0.25, -0.2) is 0 Å². The first-order chi connectivity index (χ1) is 9.61. The molecular formula is C15H45P3Si5. The third-order valence-electron chi connectivity index (χ3n) is 3.52. The van der Waals surface area contributed by atoms with Gasteiger partial charge in [0.05, 0.1) is 38.7 Å². The maximum atomic E-state index is 2.75. The van der Waals surface area contributed by atoms with Gasteiger partial charge in [-0.15, -0.1) is 13.4 Å². The Morgan fingerprint density at radius 3 is 0.565 bits per heavy atom. The molecule has 0 aliphatic carbocycles. The van der Waals surface area contributed by atoms with Gasteiger partial charge in [-0.05, 0) is 0 Å². The average Bonchev–Trinajstić information content (AvgIpc) is 2.04. The minimum absolute atomic E-state index is 0.335. The average molecular weight is 459 g/mol. The van der Waals surface area contributed by atoms with Crippen LogP contribution in [0.5, 0.6) is 0 Å². The first-order valence-electron chi connectivity index (χ1n) is 9.02. The molecular weight excluding hydrogens is 414 g/mol. The van der Waals surface area contributed by atoms with Crippen LogP contribution >= 0.6 is 20.3 Å². The van der Waals surface area contributed by atoms with Crippen LogP contribution in [0.25, 0.3) is 0 Å². The maximum absolute atomic E-state index is 2.75. The van der Waals surface area contributed by atoms with Crippen LogP contribution in [0, 0.1) is 0 Å². The monoisotopic (exact) mass is 458 g/mol. The Balaban J connectivity index is 6.55. The van der Waals surface area contributed by atoms with E-state index in [-0.39, 0.29) is 0 Å². The number of rotatable bonds is 7. The van der Waals surface area contributed by atoms with E-state index < -0.39 is 38.7 Å². The van der Waals surface area contributed by atoms with Crippen LogP contribution in [0.3, 0.4) is 0 Å². The van der Waals surface area contributed by atoms with Crippen molar-refractivity contribution in [2.75, 3.05) is 0 Å². The molecule has 0 rings (SSSR count). The Bertz CT molecular complexity index is 334. The largest absolute Gasteiger partial charge is 0.105 e. The van der Waals surface area contributed by atoms with E-state index >= 15 is 0 Å². The minimum atomic E-state index is -1.09. The van der Waals surface area contributed by atoms with Gasteiger partial charge in [0.15, 0.2) is 0 Å². The van der Waals surface area contributed by atoms with Gasteiger partial charge in [-0.2, -0.15) is 0 Å². The van der Waals surface area contributed by atoms with Crippen LogP contribution in [0.4, 0.5) is 0 Å². The molecule has 0 saturated heterocycles. The second-order valence-electron chi connectivity index (χ2n) is 11.8. The predicted molar refractivity (Wildman–Crippen MR) is 137 cm³/mol. The van der Waals surface area contributed by atoms with Crippen LogP contribution in [-0.2, 0) is 0 Å². The topological polar surface area (TPSA) is 0 Å². The molecule has 140 valence electrons. The highest BCUT2D eigenvalue weighted by Crippen LogP contribution is 2.97. The van der Waals surface area contributed by atoms with Crippen molar-refractivity contribution in [1.82, 2.24) is 0 Å². The fourth-order valence-corrected chi connectivity index (χ4v) is 217. The molecule has 0 atom stereocenters. The summed E-state index contributed by atoms with van der Waals surface area (Å²) in [6.07, 6.45) is 0. The van der Waals surface area contributed by atoms with E-state index in [0.717, 1.165) is 0 Å². The highest BCUT2D eigenvalue weighted by atomic mass is 32.7. The van der Waals surface area contributed by atoms with Crippen LogP contribution in [0.15, 0.2) is 0 Å². The minimum Gasteiger partial charge on any atom is -0.105 e. The SMILES string of the molecule is C[Si](C)(C)P(P([Si](C)(C)C)[Si](C)(C)C)P([Si](C)(C)C)[Si](C)(C)C. The normalized spacial score (nSPS) is 15.9. The third-order valence-corrected chi connectivity index (χ3v) is 116. The first-order valence-corrected chi connectivity index (χ1v) is 36.2. The van der Waals surface area contributed by atoms with Crippen molar-refractivity contribution >= 4 is 59.0 Å². The molecule has 0 aromatic rings. The summed E-state index contributed by atoms with van der Waals surface area (Å²) in [5, 5.41) is 0. The molecule has 0 saturated carbocycles.